The summed E-state index contributed by atoms with van der Waals surface area (Å²) < 4.78 is 21.6. The smallest absolute Gasteiger partial charge is 0.307 e. The highest BCUT2D eigenvalue weighted by atomic mass is 35.5. The molecule has 4 aromatic rings. The Morgan fingerprint density at radius 2 is 1.71 bits per heavy atom. The van der Waals surface area contributed by atoms with Crippen LogP contribution >= 0.6 is 24.0 Å². The molecule has 2 heterocycles. The molecule has 0 bridgehead atoms. The number of carbonyl (C=O) groups is 2. The van der Waals surface area contributed by atoms with E-state index in [4.69, 9.17) is 21.4 Å². The van der Waals surface area contributed by atoms with Gasteiger partial charge >= 0.3 is 5.97 Å². The van der Waals surface area contributed by atoms with Crippen LogP contribution in [0.2, 0.25) is 5.02 Å². The van der Waals surface area contributed by atoms with E-state index in [1.165, 1.54) is 12.1 Å². The molecule has 11 heteroatoms. The van der Waals surface area contributed by atoms with E-state index in [0.29, 0.717) is 34.1 Å². The van der Waals surface area contributed by atoms with Crippen molar-refractivity contribution in [2.45, 2.75) is 58.2 Å². The molecule has 0 spiro atoms. The van der Waals surface area contributed by atoms with E-state index in [0.717, 1.165) is 42.8 Å². The molecule has 1 saturated heterocycles. The Kier molecular flexibility index (Phi) is 10.9. The van der Waals surface area contributed by atoms with Crippen LogP contribution in [0.25, 0.3) is 11.3 Å². The first kappa shape index (κ1) is 34.0. The summed E-state index contributed by atoms with van der Waals surface area (Å²) in [5.74, 6) is -0.791. The van der Waals surface area contributed by atoms with Crippen LogP contribution in [0.4, 0.5) is 10.1 Å². The lowest BCUT2D eigenvalue weighted by Crippen LogP contribution is -2.37. The third-order valence-corrected chi connectivity index (χ3v) is 7.95. The van der Waals surface area contributed by atoms with E-state index in [2.05, 4.69) is 15.3 Å². The van der Waals surface area contributed by atoms with E-state index >= 15 is 0 Å². The van der Waals surface area contributed by atoms with Gasteiger partial charge < -0.3 is 15.2 Å². The number of aliphatic carboxylic acids is 1. The van der Waals surface area contributed by atoms with Crippen molar-refractivity contribution >= 4 is 41.6 Å². The lowest BCUT2D eigenvalue weighted by atomic mass is 10.0. The van der Waals surface area contributed by atoms with Crippen LogP contribution in [0, 0.1) is 5.82 Å². The van der Waals surface area contributed by atoms with Gasteiger partial charge in [0.05, 0.1) is 29.4 Å². The number of anilines is 1. The van der Waals surface area contributed by atoms with Crippen molar-refractivity contribution in [1.82, 2.24) is 14.7 Å². The van der Waals surface area contributed by atoms with Crippen LogP contribution in [0.1, 0.15) is 55.1 Å². The first-order valence-corrected chi connectivity index (χ1v) is 15.0. The minimum Gasteiger partial charge on any atom is -0.490 e. The molecule has 1 amide bonds. The topological polar surface area (TPSA) is 96.7 Å². The van der Waals surface area contributed by atoms with Crippen molar-refractivity contribution in [2.75, 3.05) is 18.4 Å². The van der Waals surface area contributed by atoms with Gasteiger partial charge in [-0.1, -0.05) is 23.7 Å². The highest BCUT2D eigenvalue weighted by Gasteiger charge is 2.26. The number of aromatic nitrogens is 2. The molecule has 0 aliphatic carbocycles. The van der Waals surface area contributed by atoms with Crippen LogP contribution in [0.3, 0.4) is 0 Å². The normalized spacial score (nSPS) is 14.1. The van der Waals surface area contributed by atoms with E-state index in [1.807, 2.05) is 39.0 Å². The molecule has 0 unspecified atom stereocenters. The van der Waals surface area contributed by atoms with Crippen LogP contribution in [0.15, 0.2) is 72.9 Å². The first-order valence-electron chi connectivity index (χ1n) is 14.6. The molecule has 5 rings (SSSR count). The van der Waals surface area contributed by atoms with Gasteiger partial charge in [-0.25, -0.2) is 4.39 Å². The fourth-order valence-corrected chi connectivity index (χ4v) is 5.54. The molecule has 0 atom stereocenters. The molecule has 1 fully saturated rings. The zero-order valence-electron chi connectivity index (χ0n) is 25.4. The quantitative estimate of drug-likeness (QED) is 0.195. The Labute approximate surface area is 273 Å². The molecule has 1 aliphatic heterocycles. The largest absolute Gasteiger partial charge is 0.490 e. The monoisotopic (exact) mass is 654 g/mol. The molecule has 0 saturated carbocycles. The average Bonchev–Trinajstić information content (AvgIpc) is 3.43. The highest BCUT2D eigenvalue weighted by molar-refractivity contribution is 6.31. The number of piperidine rings is 1. The number of nitrogens with zero attached hydrogens (tertiary/aromatic N) is 3. The summed E-state index contributed by atoms with van der Waals surface area (Å²) in [6.07, 6.45) is 3.30. The summed E-state index contributed by atoms with van der Waals surface area (Å²) in [5.41, 5.74) is 3.56. The maximum atomic E-state index is 13.7. The lowest BCUT2D eigenvalue weighted by Gasteiger charge is -2.32. The summed E-state index contributed by atoms with van der Waals surface area (Å²) in [4.78, 5) is 26.7. The van der Waals surface area contributed by atoms with Crippen molar-refractivity contribution in [2.24, 2.45) is 0 Å². The zero-order valence-corrected chi connectivity index (χ0v) is 27.0. The Bertz CT molecular complexity index is 1630. The summed E-state index contributed by atoms with van der Waals surface area (Å²) in [5, 5.41) is 17.1. The summed E-state index contributed by atoms with van der Waals surface area (Å²) in [6.45, 7) is 8.26. The van der Waals surface area contributed by atoms with Crippen molar-refractivity contribution in [3.63, 3.8) is 0 Å². The predicted molar refractivity (Wildman–Crippen MR) is 176 cm³/mol. The number of carbonyl (C=O) groups excluding carboxylic acids is 1. The van der Waals surface area contributed by atoms with Crippen LogP contribution in [-0.4, -0.2) is 50.9 Å². The average molecular weight is 656 g/mol. The van der Waals surface area contributed by atoms with Gasteiger partial charge in [-0.05, 0) is 99.3 Å². The van der Waals surface area contributed by atoms with Gasteiger partial charge in [-0.2, -0.15) is 5.10 Å². The fourth-order valence-electron chi connectivity index (χ4n) is 5.36. The molecule has 0 radical (unpaired) electrons. The molecule has 1 aliphatic rings. The molecule has 3 aromatic carbocycles. The molecular weight excluding hydrogens is 618 g/mol. The van der Waals surface area contributed by atoms with Gasteiger partial charge in [0, 0.05) is 35.9 Å². The number of amides is 1. The van der Waals surface area contributed by atoms with Crippen molar-refractivity contribution < 1.29 is 23.8 Å². The second-order valence-corrected chi connectivity index (χ2v) is 12.5. The van der Waals surface area contributed by atoms with E-state index in [9.17, 15) is 14.0 Å². The third kappa shape index (κ3) is 8.63. The van der Waals surface area contributed by atoms with E-state index < -0.39 is 11.5 Å². The van der Waals surface area contributed by atoms with Crippen LogP contribution in [0.5, 0.6) is 5.75 Å². The molecular formula is C34H37Cl2FN4O4. The van der Waals surface area contributed by atoms with Gasteiger partial charge in [0.1, 0.15) is 17.7 Å². The maximum absolute atomic E-state index is 13.7. The van der Waals surface area contributed by atoms with E-state index in [1.54, 1.807) is 47.3 Å². The molecule has 2 N–H and O–H groups in total. The molecule has 45 heavy (non-hydrogen) atoms. The van der Waals surface area contributed by atoms with Gasteiger partial charge in [-0.3, -0.25) is 19.2 Å². The Hall–Kier alpha value is -3.92. The maximum Gasteiger partial charge on any atom is 0.307 e. The number of hydrogen-bond donors (Lipinski definition) is 2. The fraction of sp³-hybridized carbons (Fsp3) is 0.324. The second-order valence-electron chi connectivity index (χ2n) is 12.1. The number of likely N-dealkylation sites (tertiary alicyclic amines) is 1. The first-order chi connectivity index (χ1) is 21.0. The number of benzene rings is 3. The Balaban J connectivity index is 0.00000461. The van der Waals surface area contributed by atoms with Gasteiger partial charge in [0.15, 0.2) is 0 Å². The predicted octanol–water partition coefficient (Wildman–Crippen LogP) is 7.44. The number of halogens is 3. The number of carboxylic acid groups (broad SMARTS) is 1. The number of ether oxygens (including phenoxy) is 1. The molecule has 8 nitrogen and oxygen atoms in total. The summed E-state index contributed by atoms with van der Waals surface area (Å²) in [6, 6.07) is 18.7. The number of rotatable bonds is 9. The number of carboxylic acids is 1. The number of hydrogen-bond acceptors (Lipinski definition) is 5. The second kappa shape index (κ2) is 14.5. The highest BCUT2D eigenvalue weighted by Crippen LogP contribution is 2.31. The van der Waals surface area contributed by atoms with Gasteiger partial charge in [0.2, 0.25) is 0 Å². The Morgan fingerprint density at radius 3 is 2.33 bits per heavy atom. The third-order valence-electron chi connectivity index (χ3n) is 7.58. The minimum atomic E-state index is -0.858. The minimum absolute atomic E-state index is 0. The zero-order chi connectivity index (χ0) is 31.4. The van der Waals surface area contributed by atoms with Crippen molar-refractivity contribution in [3.8, 4) is 17.0 Å². The number of nitrogens with one attached hydrogen (secondary N) is 1. The van der Waals surface area contributed by atoms with Crippen molar-refractivity contribution in [1.29, 1.82) is 0 Å². The molecule has 1 aromatic heterocycles. The van der Waals surface area contributed by atoms with Gasteiger partial charge in [-0.15, -0.1) is 12.4 Å². The van der Waals surface area contributed by atoms with Crippen LogP contribution < -0.4 is 10.1 Å². The SMILES string of the molecule is CC(C)(C)n1ncc(C(=O)Nc2ccc(Cl)c(CN3CCC(Oc4ccc(CC(=O)O)cc4)CC3)c2)c1-c1ccc(F)cc1.Cl. The Morgan fingerprint density at radius 1 is 1.04 bits per heavy atom. The van der Waals surface area contributed by atoms with Gasteiger partial charge in [0.25, 0.3) is 5.91 Å². The standard InChI is InChI=1S/C34H36ClFN4O4.ClH/c1-34(2,3)40-32(23-6-8-25(36)9-7-23)29(20-37-40)33(43)38-26-10-13-30(35)24(19-26)21-39-16-14-28(15-17-39)44-27-11-4-22(5-12-27)18-31(41)42;/h4-13,19-20,28H,14-18,21H2,1-3H3,(H,38,43)(H,41,42);1H. The van der Waals surface area contributed by atoms with Crippen LogP contribution in [-0.2, 0) is 23.3 Å². The lowest BCUT2D eigenvalue weighted by molar-refractivity contribution is -0.136. The summed E-state index contributed by atoms with van der Waals surface area (Å²) >= 11 is 6.58. The molecule has 238 valence electrons. The summed E-state index contributed by atoms with van der Waals surface area (Å²) in [7, 11) is 0. The van der Waals surface area contributed by atoms with E-state index in [-0.39, 0.29) is 36.7 Å². The van der Waals surface area contributed by atoms with Crippen molar-refractivity contribution in [3.05, 3.63) is 100 Å².